The lowest BCUT2D eigenvalue weighted by Crippen LogP contribution is -2.35. The van der Waals surface area contributed by atoms with Gasteiger partial charge < -0.3 is 14.7 Å². The molecule has 1 aromatic heterocycles. The molecule has 1 aliphatic heterocycles. The fourth-order valence-corrected chi connectivity index (χ4v) is 6.37. The molecule has 0 bridgehead atoms. The van der Waals surface area contributed by atoms with Crippen LogP contribution in [0.4, 0.5) is 0 Å². The van der Waals surface area contributed by atoms with E-state index in [1.165, 1.54) is 12.1 Å². The highest BCUT2D eigenvalue weighted by Crippen LogP contribution is 2.42. The number of hydrogen-bond donors (Lipinski definition) is 1. The average Bonchev–Trinajstić information content (AvgIpc) is 3.35. The fourth-order valence-electron chi connectivity index (χ4n) is 3.66. The first-order chi connectivity index (χ1) is 13.8. The van der Waals surface area contributed by atoms with Gasteiger partial charge in [0.1, 0.15) is 9.81 Å². The predicted octanol–water partition coefficient (Wildman–Crippen LogP) is 3.50. The number of ether oxygens (including phenoxy) is 2. The number of sulfone groups is 1. The molecule has 0 amide bonds. The van der Waals surface area contributed by atoms with Crippen LogP contribution >= 0.6 is 11.3 Å². The third kappa shape index (κ3) is 3.69. The second kappa shape index (κ2) is 8.24. The molecule has 0 aliphatic carbocycles. The van der Waals surface area contributed by atoms with Gasteiger partial charge in [0.25, 0.3) is 0 Å². The maximum absolute atomic E-state index is 13.2. The van der Waals surface area contributed by atoms with E-state index < -0.39 is 15.4 Å². The normalized spacial score (nSPS) is 22.6. The van der Waals surface area contributed by atoms with E-state index in [1.807, 2.05) is 13.0 Å². The minimum Gasteiger partial charge on any atom is -0.411 e. The van der Waals surface area contributed by atoms with Crippen molar-refractivity contribution in [1.82, 2.24) is 0 Å². The number of methoxy groups -OCH3 is 1. The summed E-state index contributed by atoms with van der Waals surface area (Å²) in [4.78, 5) is 0.0906. The first-order valence-electron chi connectivity index (χ1n) is 9.00. The molecule has 1 aliphatic rings. The van der Waals surface area contributed by atoms with Gasteiger partial charge in [-0.1, -0.05) is 11.2 Å². The zero-order chi connectivity index (χ0) is 21.2. The van der Waals surface area contributed by atoms with Gasteiger partial charge in [0.2, 0.25) is 9.84 Å². The zero-order valence-electron chi connectivity index (χ0n) is 16.4. The van der Waals surface area contributed by atoms with E-state index in [0.717, 1.165) is 16.9 Å². The third-order valence-electron chi connectivity index (χ3n) is 5.39. The molecule has 2 atom stereocenters. The number of rotatable bonds is 6. The highest BCUT2D eigenvalue weighted by Gasteiger charge is 2.44. The number of hydrogen-bond acceptors (Lipinski definition) is 8. The van der Waals surface area contributed by atoms with Gasteiger partial charge >= 0.3 is 0 Å². The van der Waals surface area contributed by atoms with Crippen molar-refractivity contribution in [2.45, 2.75) is 47.5 Å². The molecule has 0 unspecified atom stereocenters. The van der Waals surface area contributed by atoms with Crippen molar-refractivity contribution in [3.8, 4) is 6.07 Å². The van der Waals surface area contributed by atoms with Gasteiger partial charge in [-0.05, 0) is 48.6 Å². The van der Waals surface area contributed by atoms with Crippen LogP contribution in [0, 0.1) is 11.3 Å². The molecule has 0 spiro atoms. The van der Waals surface area contributed by atoms with E-state index in [9.17, 15) is 8.42 Å². The number of oxime groups is 1. The van der Waals surface area contributed by atoms with Gasteiger partial charge in [-0.3, -0.25) is 0 Å². The van der Waals surface area contributed by atoms with Crippen molar-refractivity contribution >= 4 is 26.9 Å². The van der Waals surface area contributed by atoms with Gasteiger partial charge in [-0.2, -0.15) is 5.26 Å². The molecule has 1 aromatic carbocycles. The molecule has 2 aromatic rings. The maximum atomic E-state index is 13.2. The summed E-state index contributed by atoms with van der Waals surface area (Å²) in [5, 5.41) is 23.1. The lowest BCUT2D eigenvalue weighted by Gasteiger charge is -2.30. The Labute approximate surface area is 174 Å². The van der Waals surface area contributed by atoms with Gasteiger partial charge in [0, 0.05) is 19.1 Å². The van der Waals surface area contributed by atoms with Gasteiger partial charge in [-0.15, -0.1) is 11.3 Å². The van der Waals surface area contributed by atoms with Crippen LogP contribution in [0.5, 0.6) is 0 Å². The van der Waals surface area contributed by atoms with Crippen LogP contribution in [-0.2, 0) is 31.3 Å². The molecule has 9 heteroatoms. The Hall–Kier alpha value is -2.25. The van der Waals surface area contributed by atoms with Crippen LogP contribution in [-0.4, -0.2) is 39.2 Å². The van der Waals surface area contributed by atoms with Crippen LogP contribution in [0.2, 0.25) is 0 Å². The Kier molecular flexibility index (Phi) is 6.10. The molecule has 1 saturated heterocycles. The largest absolute Gasteiger partial charge is 0.411 e. The molecular formula is C20H22N2O5S2. The van der Waals surface area contributed by atoms with E-state index in [4.69, 9.17) is 19.9 Å². The monoisotopic (exact) mass is 434 g/mol. The topological polar surface area (TPSA) is 109 Å². The molecule has 1 N–H and O–H groups in total. The van der Waals surface area contributed by atoms with Gasteiger partial charge in [-0.25, -0.2) is 8.42 Å². The minimum absolute atomic E-state index is 0.00286. The molecule has 0 saturated carbocycles. The van der Waals surface area contributed by atoms with E-state index >= 15 is 0 Å². The maximum Gasteiger partial charge on any atom is 0.215 e. The van der Waals surface area contributed by atoms with Crippen molar-refractivity contribution < 1.29 is 23.1 Å². The van der Waals surface area contributed by atoms with Crippen LogP contribution in [0.1, 0.15) is 37.0 Å². The smallest absolute Gasteiger partial charge is 0.215 e. The van der Waals surface area contributed by atoms with E-state index in [0.29, 0.717) is 29.9 Å². The molecule has 3 rings (SSSR count). The zero-order valence-corrected chi connectivity index (χ0v) is 18.0. The third-order valence-corrected chi connectivity index (χ3v) is 8.58. The standard InChI is InChI=1S/C20H22N2O5S2/c1-13(22-23)18-5-4-17(10-15(18)6-8-21)29(24,25)19-11-16(12-28-19)20(26-3)7-9-27-14(20)2/h4-5,10-12,14,23H,6-7,9H2,1-3H3/b22-13+/t14-,20-/m1/s1. The van der Waals surface area contributed by atoms with Crippen LogP contribution in [0.25, 0.3) is 0 Å². The summed E-state index contributed by atoms with van der Waals surface area (Å²) in [6.07, 6.45) is 0.477. The van der Waals surface area contributed by atoms with Crippen molar-refractivity contribution in [2.75, 3.05) is 13.7 Å². The molecule has 1 fully saturated rings. The average molecular weight is 435 g/mol. The Bertz CT molecular complexity index is 1080. The van der Waals surface area contributed by atoms with Crippen molar-refractivity contribution in [1.29, 1.82) is 5.26 Å². The molecule has 154 valence electrons. The Balaban J connectivity index is 2.04. The van der Waals surface area contributed by atoms with Crippen molar-refractivity contribution in [3.05, 3.63) is 46.3 Å². The van der Waals surface area contributed by atoms with E-state index in [2.05, 4.69) is 5.16 Å². The van der Waals surface area contributed by atoms with Crippen LogP contribution in [0.3, 0.4) is 0 Å². The summed E-state index contributed by atoms with van der Waals surface area (Å²) in [7, 11) is -2.17. The summed E-state index contributed by atoms with van der Waals surface area (Å²) >= 11 is 1.14. The SMILES string of the molecule is CO[C@]1(c2csc(S(=O)(=O)c3ccc(/C(C)=N/O)c(CC#N)c3)c2)CCO[C@@H]1C. The van der Waals surface area contributed by atoms with Gasteiger partial charge in [0.05, 0.1) is 35.8 Å². The van der Waals surface area contributed by atoms with Crippen LogP contribution < -0.4 is 0 Å². The Morgan fingerprint density at radius 1 is 1.48 bits per heavy atom. The highest BCUT2D eigenvalue weighted by atomic mass is 32.2. The number of nitriles is 1. The summed E-state index contributed by atoms with van der Waals surface area (Å²) < 4.78 is 38.0. The fraction of sp³-hybridized carbons (Fsp3) is 0.400. The highest BCUT2D eigenvalue weighted by molar-refractivity contribution is 7.93. The lowest BCUT2D eigenvalue weighted by molar-refractivity contribution is -0.0645. The van der Waals surface area contributed by atoms with Crippen molar-refractivity contribution in [3.63, 3.8) is 0 Å². The summed E-state index contributed by atoms with van der Waals surface area (Å²) in [5.74, 6) is 0. The molecule has 7 nitrogen and oxygen atoms in total. The van der Waals surface area contributed by atoms with Crippen molar-refractivity contribution in [2.24, 2.45) is 5.16 Å². The Morgan fingerprint density at radius 2 is 2.24 bits per heavy atom. The van der Waals surface area contributed by atoms with E-state index in [1.54, 1.807) is 31.5 Å². The van der Waals surface area contributed by atoms with Crippen LogP contribution in [0.15, 0.2) is 43.9 Å². The predicted molar refractivity (Wildman–Crippen MR) is 108 cm³/mol. The molecular weight excluding hydrogens is 412 g/mol. The van der Waals surface area contributed by atoms with Gasteiger partial charge in [0.15, 0.2) is 0 Å². The Morgan fingerprint density at radius 3 is 2.83 bits per heavy atom. The number of benzene rings is 1. The number of thiophene rings is 1. The summed E-state index contributed by atoms with van der Waals surface area (Å²) in [5.41, 5.74) is 1.47. The quantitative estimate of drug-likeness (QED) is 0.423. The molecule has 2 heterocycles. The first-order valence-corrected chi connectivity index (χ1v) is 11.4. The minimum atomic E-state index is -3.78. The molecule has 29 heavy (non-hydrogen) atoms. The summed E-state index contributed by atoms with van der Waals surface area (Å²) in [6.45, 7) is 4.06. The second-order valence-corrected chi connectivity index (χ2v) is 9.94. The summed E-state index contributed by atoms with van der Waals surface area (Å²) in [6, 6.07) is 8.16. The second-order valence-electron chi connectivity index (χ2n) is 6.85. The van der Waals surface area contributed by atoms with E-state index in [-0.39, 0.29) is 21.6 Å². The molecule has 0 radical (unpaired) electrons. The first kappa shape index (κ1) is 21.5. The number of nitrogens with zero attached hydrogens (tertiary/aromatic N) is 2. The lowest BCUT2D eigenvalue weighted by atomic mass is 9.90.